The minimum absolute atomic E-state index is 0.327. The predicted molar refractivity (Wildman–Crippen MR) is 193 cm³/mol. The van der Waals surface area contributed by atoms with E-state index >= 15 is 0 Å². The van der Waals surface area contributed by atoms with E-state index in [1.165, 1.54) is 167 Å². The van der Waals surface area contributed by atoms with Crippen molar-refractivity contribution < 1.29 is 19.1 Å². The van der Waals surface area contributed by atoms with Gasteiger partial charge in [0.15, 0.2) is 5.41 Å². The highest BCUT2D eigenvalue weighted by atomic mass is 16.6. The van der Waals surface area contributed by atoms with E-state index in [2.05, 4.69) is 13.8 Å². The minimum atomic E-state index is -1.04. The van der Waals surface area contributed by atoms with Crippen LogP contribution in [-0.4, -0.2) is 25.2 Å². The maximum atomic E-state index is 13.0. The van der Waals surface area contributed by atoms with Gasteiger partial charge in [-0.25, -0.2) is 0 Å². The third-order valence-electron chi connectivity index (χ3n) is 10.2. The predicted octanol–water partition coefficient (Wildman–Crippen LogP) is 13.4. The zero-order valence-corrected chi connectivity index (χ0v) is 30.6. The van der Waals surface area contributed by atoms with E-state index in [1.54, 1.807) is 0 Å². The summed E-state index contributed by atoms with van der Waals surface area (Å²) in [5.41, 5.74) is -1.04. The van der Waals surface area contributed by atoms with E-state index in [9.17, 15) is 9.59 Å². The van der Waals surface area contributed by atoms with Gasteiger partial charge in [-0.2, -0.15) is 0 Å². The van der Waals surface area contributed by atoms with Crippen LogP contribution in [0.4, 0.5) is 0 Å². The van der Waals surface area contributed by atoms with E-state index in [0.29, 0.717) is 26.1 Å². The Bertz CT molecular complexity index is 604. The molecule has 45 heavy (non-hydrogen) atoms. The Hall–Kier alpha value is -1.06. The molecule has 0 aromatic carbocycles. The Morgan fingerprint density at radius 3 is 0.844 bits per heavy atom. The molecular weight excluding hydrogens is 556 g/mol. The lowest BCUT2D eigenvalue weighted by Gasteiger charge is -2.24. The first-order chi connectivity index (χ1) is 22.2. The molecule has 0 heterocycles. The molecule has 1 aliphatic carbocycles. The zero-order chi connectivity index (χ0) is 32.5. The topological polar surface area (TPSA) is 52.6 Å². The van der Waals surface area contributed by atoms with Gasteiger partial charge >= 0.3 is 11.9 Å². The van der Waals surface area contributed by atoms with E-state index in [0.717, 1.165) is 38.5 Å². The van der Waals surface area contributed by atoms with Gasteiger partial charge in [0.2, 0.25) is 0 Å². The smallest absolute Gasteiger partial charge is 0.323 e. The molecule has 0 aliphatic heterocycles. The number of esters is 2. The lowest BCUT2D eigenvalue weighted by Crippen LogP contribution is -2.40. The molecule has 0 radical (unpaired) electrons. The third-order valence-corrected chi connectivity index (χ3v) is 10.2. The molecule has 4 nitrogen and oxygen atoms in total. The largest absolute Gasteiger partial charge is 0.465 e. The van der Waals surface area contributed by atoms with Gasteiger partial charge < -0.3 is 9.47 Å². The molecule has 0 amide bonds. The van der Waals surface area contributed by atoms with Gasteiger partial charge in [0.1, 0.15) is 0 Å². The van der Waals surface area contributed by atoms with E-state index in [-0.39, 0.29) is 11.9 Å². The van der Waals surface area contributed by atoms with Gasteiger partial charge in [-0.15, -0.1) is 0 Å². The summed E-state index contributed by atoms with van der Waals surface area (Å²) in [5, 5.41) is 0. The first kappa shape index (κ1) is 42.0. The maximum absolute atomic E-state index is 13.0. The molecule has 0 aromatic rings. The summed E-state index contributed by atoms with van der Waals surface area (Å²) >= 11 is 0. The summed E-state index contributed by atoms with van der Waals surface area (Å²) in [6.45, 7) is 5.43. The van der Waals surface area contributed by atoms with Crippen LogP contribution in [0.2, 0.25) is 0 Å². The zero-order valence-electron chi connectivity index (χ0n) is 30.6. The Balaban J connectivity index is 1.98. The van der Waals surface area contributed by atoms with Crippen molar-refractivity contribution in [1.29, 1.82) is 0 Å². The van der Waals surface area contributed by atoms with Gasteiger partial charge in [0, 0.05) is 0 Å². The molecule has 1 rings (SSSR count). The van der Waals surface area contributed by atoms with Crippen LogP contribution >= 0.6 is 0 Å². The highest BCUT2D eigenvalue weighted by Gasteiger charge is 2.50. The van der Waals surface area contributed by atoms with Crippen molar-refractivity contribution >= 4 is 11.9 Å². The molecular formula is C41H78O4. The molecule has 0 spiro atoms. The lowest BCUT2D eigenvalue weighted by atomic mass is 9.86. The Morgan fingerprint density at radius 2 is 0.600 bits per heavy atom. The first-order valence-corrected chi connectivity index (χ1v) is 20.5. The molecule has 1 saturated carbocycles. The van der Waals surface area contributed by atoms with Crippen molar-refractivity contribution in [3.63, 3.8) is 0 Å². The van der Waals surface area contributed by atoms with Crippen molar-refractivity contribution in [1.82, 2.24) is 0 Å². The Kier molecular flexibility index (Phi) is 29.4. The van der Waals surface area contributed by atoms with Crippen molar-refractivity contribution in [2.75, 3.05) is 13.2 Å². The Labute approximate surface area is 281 Å². The molecule has 0 unspecified atom stereocenters. The normalized spacial score (nSPS) is 14.2. The summed E-state index contributed by atoms with van der Waals surface area (Å²) in [6.07, 6.45) is 42.5. The van der Waals surface area contributed by atoms with Crippen LogP contribution in [0, 0.1) is 5.41 Å². The summed E-state index contributed by atoms with van der Waals surface area (Å²) in [6, 6.07) is 0. The summed E-state index contributed by atoms with van der Waals surface area (Å²) in [7, 11) is 0. The van der Waals surface area contributed by atoms with Crippen molar-refractivity contribution in [2.45, 2.75) is 232 Å². The van der Waals surface area contributed by atoms with Crippen LogP contribution in [0.1, 0.15) is 232 Å². The highest BCUT2D eigenvalue weighted by molar-refractivity contribution is 6.00. The fraction of sp³-hybridized carbons (Fsp3) is 0.951. The van der Waals surface area contributed by atoms with Gasteiger partial charge in [-0.3, -0.25) is 9.59 Å². The fourth-order valence-electron chi connectivity index (χ4n) is 7.02. The average molecular weight is 635 g/mol. The highest BCUT2D eigenvalue weighted by Crippen LogP contribution is 2.40. The molecule has 266 valence electrons. The summed E-state index contributed by atoms with van der Waals surface area (Å²) in [5.74, 6) is -0.654. The number of ether oxygens (including phenoxy) is 2. The standard InChI is InChI=1S/C41H78O4/c1-3-5-7-9-11-13-15-17-19-21-23-25-27-29-33-37-44-39(42)41(35-31-32-36-41)40(43)45-38-34-30-28-26-24-22-20-18-16-14-12-10-8-6-4-2/h3-38H2,1-2H3. The van der Waals surface area contributed by atoms with E-state index in [4.69, 9.17) is 9.47 Å². The van der Waals surface area contributed by atoms with Gasteiger partial charge in [-0.1, -0.05) is 206 Å². The summed E-state index contributed by atoms with van der Waals surface area (Å²) < 4.78 is 11.3. The molecule has 1 aliphatic rings. The molecule has 0 N–H and O–H groups in total. The number of carbonyl (C=O) groups is 2. The van der Waals surface area contributed by atoms with Crippen LogP contribution in [-0.2, 0) is 19.1 Å². The molecule has 0 aromatic heterocycles. The number of hydrogen-bond donors (Lipinski definition) is 0. The monoisotopic (exact) mass is 635 g/mol. The Morgan fingerprint density at radius 1 is 0.378 bits per heavy atom. The summed E-state index contributed by atoms with van der Waals surface area (Å²) in [4.78, 5) is 26.0. The van der Waals surface area contributed by atoms with Crippen molar-refractivity contribution in [2.24, 2.45) is 5.41 Å². The van der Waals surface area contributed by atoms with Crippen LogP contribution in [0.5, 0.6) is 0 Å². The maximum Gasteiger partial charge on any atom is 0.323 e. The van der Waals surface area contributed by atoms with E-state index in [1.807, 2.05) is 0 Å². The molecule has 1 fully saturated rings. The SMILES string of the molecule is CCCCCCCCCCCCCCCCCOC(=O)C1(C(=O)OCCCCCCCCCCCCCCCCC)CCCC1. The van der Waals surface area contributed by atoms with Crippen LogP contribution in [0.15, 0.2) is 0 Å². The molecule has 0 atom stereocenters. The fourth-order valence-corrected chi connectivity index (χ4v) is 7.02. The number of hydrogen-bond acceptors (Lipinski definition) is 4. The number of unbranched alkanes of at least 4 members (excludes halogenated alkanes) is 28. The van der Waals surface area contributed by atoms with Crippen LogP contribution in [0.3, 0.4) is 0 Å². The number of carbonyl (C=O) groups excluding carboxylic acids is 2. The second-order valence-corrected chi connectivity index (χ2v) is 14.5. The van der Waals surface area contributed by atoms with Gasteiger partial charge in [-0.05, 0) is 25.7 Å². The first-order valence-electron chi connectivity index (χ1n) is 20.5. The lowest BCUT2D eigenvalue weighted by molar-refractivity contribution is -0.172. The third kappa shape index (κ3) is 23.0. The molecule has 0 bridgehead atoms. The van der Waals surface area contributed by atoms with Gasteiger partial charge in [0.05, 0.1) is 13.2 Å². The second-order valence-electron chi connectivity index (χ2n) is 14.5. The van der Waals surface area contributed by atoms with Crippen molar-refractivity contribution in [3.8, 4) is 0 Å². The van der Waals surface area contributed by atoms with Crippen LogP contribution < -0.4 is 0 Å². The van der Waals surface area contributed by atoms with E-state index < -0.39 is 5.41 Å². The molecule has 0 saturated heterocycles. The minimum Gasteiger partial charge on any atom is -0.465 e. The quantitative estimate of drug-likeness (QED) is 0.0401. The average Bonchev–Trinajstić information content (AvgIpc) is 3.56. The number of rotatable bonds is 34. The van der Waals surface area contributed by atoms with Crippen molar-refractivity contribution in [3.05, 3.63) is 0 Å². The van der Waals surface area contributed by atoms with Gasteiger partial charge in [0.25, 0.3) is 0 Å². The van der Waals surface area contributed by atoms with Crippen LogP contribution in [0.25, 0.3) is 0 Å². The molecule has 4 heteroatoms. The second kappa shape index (κ2) is 31.5.